The third kappa shape index (κ3) is 2.76. The van der Waals surface area contributed by atoms with E-state index in [1.807, 2.05) is 48.5 Å². The van der Waals surface area contributed by atoms with Crippen LogP contribution in [0.4, 0.5) is 10.5 Å². The largest absolute Gasteiger partial charge is 0.493 e. The molecule has 162 valence electrons. The number of hydrogen-bond acceptors (Lipinski definition) is 4. The first kappa shape index (κ1) is 19.2. The second-order valence-electron chi connectivity index (χ2n) is 8.37. The quantitative estimate of drug-likeness (QED) is 0.496. The summed E-state index contributed by atoms with van der Waals surface area (Å²) in [5.41, 5.74) is 1.89. The topological polar surface area (TPSA) is 103 Å². The number of urea groups is 1. The lowest BCUT2D eigenvalue weighted by Crippen LogP contribution is -2.40. The highest BCUT2D eigenvalue weighted by atomic mass is 16.3. The van der Waals surface area contributed by atoms with Crippen LogP contribution in [-0.2, 0) is 0 Å². The van der Waals surface area contributed by atoms with E-state index in [0.717, 1.165) is 10.8 Å². The van der Waals surface area contributed by atoms with E-state index in [1.165, 1.54) is 4.57 Å². The Balaban J connectivity index is 1.37. The maximum Gasteiger partial charge on any atom is 0.336 e. The first-order chi connectivity index (χ1) is 16.1. The molecule has 2 N–H and O–H groups in total. The van der Waals surface area contributed by atoms with E-state index in [2.05, 4.69) is 5.32 Å². The molecule has 33 heavy (non-hydrogen) atoms. The first-order valence-corrected chi connectivity index (χ1v) is 10.7. The Kier molecular flexibility index (Phi) is 4.07. The molecule has 0 spiro atoms. The van der Waals surface area contributed by atoms with Crippen molar-refractivity contribution >= 4 is 22.5 Å². The molecule has 2 aliphatic rings. The van der Waals surface area contributed by atoms with Crippen molar-refractivity contribution in [2.24, 2.45) is 0 Å². The minimum atomic E-state index is -0.391. The van der Waals surface area contributed by atoms with Crippen LogP contribution in [0.1, 0.15) is 29.8 Å². The summed E-state index contributed by atoms with van der Waals surface area (Å²) in [4.78, 5) is 28.0. The number of rotatable bonds is 2. The molecular formula is C25H19N5O3. The molecule has 1 aromatic heterocycles. The highest BCUT2D eigenvalue weighted by molar-refractivity contribution is 5.91. The summed E-state index contributed by atoms with van der Waals surface area (Å²) in [6.07, 6.45) is 0.593. The van der Waals surface area contributed by atoms with Crippen molar-refractivity contribution in [2.75, 3.05) is 11.9 Å². The van der Waals surface area contributed by atoms with Gasteiger partial charge in [0.15, 0.2) is 0 Å². The third-order valence-electron chi connectivity index (χ3n) is 6.59. The summed E-state index contributed by atoms with van der Waals surface area (Å²) < 4.78 is 2.98. The molecule has 0 radical (unpaired) electrons. The average molecular weight is 437 g/mol. The van der Waals surface area contributed by atoms with Crippen molar-refractivity contribution in [3.05, 3.63) is 88.5 Å². The number of benzene rings is 3. The minimum Gasteiger partial charge on any atom is -0.493 e. The molecule has 2 amide bonds. The summed E-state index contributed by atoms with van der Waals surface area (Å²) >= 11 is 0. The maximum atomic E-state index is 13.4. The molecule has 2 aliphatic heterocycles. The summed E-state index contributed by atoms with van der Waals surface area (Å²) in [5.74, 6) is -0.125. The van der Waals surface area contributed by atoms with Crippen LogP contribution in [0, 0.1) is 11.3 Å². The van der Waals surface area contributed by atoms with E-state index < -0.39 is 6.04 Å². The van der Waals surface area contributed by atoms with Gasteiger partial charge in [0.1, 0.15) is 5.69 Å². The van der Waals surface area contributed by atoms with Gasteiger partial charge in [0.2, 0.25) is 5.88 Å². The van der Waals surface area contributed by atoms with Crippen LogP contribution in [0.5, 0.6) is 5.88 Å². The highest BCUT2D eigenvalue weighted by Gasteiger charge is 2.49. The van der Waals surface area contributed by atoms with Crippen molar-refractivity contribution in [3.63, 3.8) is 0 Å². The minimum absolute atomic E-state index is 0.125. The number of likely N-dealkylation sites (tertiary alicyclic amines) is 1. The second kappa shape index (κ2) is 7.00. The van der Waals surface area contributed by atoms with E-state index in [9.17, 15) is 14.7 Å². The zero-order valence-corrected chi connectivity index (χ0v) is 17.5. The lowest BCUT2D eigenvalue weighted by atomic mass is 10.1. The Hall–Kier alpha value is -4.51. The van der Waals surface area contributed by atoms with Gasteiger partial charge < -0.3 is 15.3 Å². The van der Waals surface area contributed by atoms with Gasteiger partial charge in [0, 0.05) is 17.6 Å². The third-order valence-corrected chi connectivity index (χ3v) is 6.59. The molecule has 0 aliphatic carbocycles. The van der Waals surface area contributed by atoms with E-state index in [4.69, 9.17) is 5.26 Å². The number of imidazole rings is 1. The number of aromatic nitrogens is 2. The van der Waals surface area contributed by atoms with E-state index >= 15 is 0 Å². The van der Waals surface area contributed by atoms with Gasteiger partial charge in [-0.1, -0.05) is 36.4 Å². The van der Waals surface area contributed by atoms with Crippen molar-refractivity contribution in [1.82, 2.24) is 14.0 Å². The highest BCUT2D eigenvalue weighted by Crippen LogP contribution is 2.49. The number of nitrogens with one attached hydrogen (secondary N) is 1. The van der Waals surface area contributed by atoms with Crippen molar-refractivity contribution in [1.29, 1.82) is 5.26 Å². The number of nitriles is 1. The number of aromatic hydroxyl groups is 1. The molecule has 3 aromatic carbocycles. The number of carbonyl (C=O) groups excluding carboxylic acids is 1. The van der Waals surface area contributed by atoms with Gasteiger partial charge in [-0.25, -0.2) is 14.2 Å². The van der Waals surface area contributed by atoms with Crippen LogP contribution in [0.3, 0.4) is 0 Å². The monoisotopic (exact) mass is 437 g/mol. The Morgan fingerprint density at radius 3 is 2.61 bits per heavy atom. The molecule has 8 heteroatoms. The van der Waals surface area contributed by atoms with E-state index in [1.54, 1.807) is 33.7 Å². The number of nitrogens with zero attached hydrogens (tertiary/aromatic N) is 4. The van der Waals surface area contributed by atoms with Gasteiger partial charge in [-0.2, -0.15) is 5.26 Å². The van der Waals surface area contributed by atoms with Crippen LogP contribution in [0.15, 0.2) is 71.5 Å². The molecule has 0 saturated carbocycles. The predicted octanol–water partition coefficient (Wildman–Crippen LogP) is 3.90. The average Bonchev–Trinajstić information content (AvgIpc) is 3.51. The van der Waals surface area contributed by atoms with E-state index in [0.29, 0.717) is 35.6 Å². The molecule has 2 atom stereocenters. The van der Waals surface area contributed by atoms with Gasteiger partial charge in [-0.3, -0.25) is 4.57 Å². The van der Waals surface area contributed by atoms with Crippen LogP contribution >= 0.6 is 0 Å². The van der Waals surface area contributed by atoms with E-state index in [-0.39, 0.29) is 23.6 Å². The maximum absolute atomic E-state index is 13.4. The fourth-order valence-electron chi connectivity index (χ4n) is 5.11. The van der Waals surface area contributed by atoms with Gasteiger partial charge in [-0.15, -0.1) is 0 Å². The molecule has 2 bridgehead atoms. The second-order valence-corrected chi connectivity index (χ2v) is 8.37. The molecule has 6 rings (SSSR count). The van der Waals surface area contributed by atoms with Crippen LogP contribution < -0.4 is 11.0 Å². The number of carbonyl (C=O) groups is 1. The fourth-order valence-corrected chi connectivity index (χ4v) is 5.11. The lowest BCUT2D eigenvalue weighted by Gasteiger charge is -2.27. The SMILES string of the molecule is N#Cc1ccc(NC(=O)N2CC3CC2c2c(O)n(-c4cccc5ccccc45)c(=O)n23)cc1. The number of hydrogen-bond donors (Lipinski definition) is 2. The zero-order valence-electron chi connectivity index (χ0n) is 17.5. The Morgan fingerprint density at radius 1 is 1.06 bits per heavy atom. The first-order valence-electron chi connectivity index (χ1n) is 10.7. The molecule has 2 unspecified atom stereocenters. The summed E-state index contributed by atoms with van der Waals surface area (Å²) in [6, 6.07) is 21.1. The van der Waals surface area contributed by atoms with Crippen molar-refractivity contribution in [2.45, 2.75) is 18.5 Å². The molecular weight excluding hydrogens is 418 g/mol. The van der Waals surface area contributed by atoms with Gasteiger partial charge in [-0.05, 0) is 42.1 Å². The van der Waals surface area contributed by atoms with Gasteiger partial charge in [0.25, 0.3) is 0 Å². The molecule has 1 saturated heterocycles. The standard InChI is InChI=1S/C25H19N5O3/c26-13-15-8-10-17(11-9-15)27-24(32)28-14-18-12-21(28)22-23(31)30(25(33)29(18)22)20-7-3-5-16-4-1-2-6-19(16)20/h1-11,18,21,31H,12,14H2,(H,27,32). The smallest absolute Gasteiger partial charge is 0.336 e. The lowest BCUT2D eigenvalue weighted by molar-refractivity contribution is 0.198. The molecule has 8 nitrogen and oxygen atoms in total. The van der Waals surface area contributed by atoms with Crippen molar-refractivity contribution in [3.8, 4) is 17.6 Å². The summed E-state index contributed by atoms with van der Waals surface area (Å²) in [5, 5.41) is 24.8. The Bertz CT molecular complexity index is 1520. The van der Waals surface area contributed by atoms with Crippen LogP contribution in [0.2, 0.25) is 0 Å². The Morgan fingerprint density at radius 2 is 1.82 bits per heavy atom. The van der Waals surface area contributed by atoms with Crippen LogP contribution in [0.25, 0.3) is 16.5 Å². The normalized spacial score (nSPS) is 18.3. The summed E-state index contributed by atoms with van der Waals surface area (Å²) in [7, 11) is 0. The van der Waals surface area contributed by atoms with Gasteiger partial charge >= 0.3 is 11.7 Å². The summed E-state index contributed by atoms with van der Waals surface area (Å²) in [6.45, 7) is 0.388. The zero-order chi connectivity index (χ0) is 22.7. The molecule has 1 fully saturated rings. The number of anilines is 1. The van der Waals surface area contributed by atoms with Gasteiger partial charge in [0.05, 0.1) is 29.4 Å². The fraction of sp³-hybridized carbons (Fsp3) is 0.160. The van der Waals surface area contributed by atoms with Crippen LogP contribution in [-0.4, -0.2) is 31.7 Å². The number of amides is 2. The van der Waals surface area contributed by atoms with Crippen molar-refractivity contribution < 1.29 is 9.90 Å². The molecule has 3 heterocycles. The predicted molar refractivity (Wildman–Crippen MR) is 122 cm³/mol. The Labute approximate surface area is 188 Å². The molecule has 4 aromatic rings. The number of fused-ring (bicyclic) bond motifs is 6.